The molecule has 1 saturated heterocycles. The van der Waals surface area contributed by atoms with Gasteiger partial charge in [0.2, 0.25) is 0 Å². The molecule has 2 N–H and O–H groups in total. The van der Waals surface area contributed by atoms with Gasteiger partial charge in [0.05, 0.1) is 5.69 Å². The lowest BCUT2D eigenvalue weighted by atomic mass is 9.92. The number of carbonyl (C=O) groups is 2. The highest BCUT2D eigenvalue weighted by atomic mass is 35.5. The van der Waals surface area contributed by atoms with Crippen molar-refractivity contribution in [3.05, 3.63) is 64.3 Å². The van der Waals surface area contributed by atoms with Gasteiger partial charge in [-0.05, 0) is 36.8 Å². The molecule has 132 valence electrons. The summed E-state index contributed by atoms with van der Waals surface area (Å²) < 4.78 is 0. The lowest BCUT2D eigenvalue weighted by Gasteiger charge is -2.21. The lowest BCUT2D eigenvalue weighted by molar-refractivity contribution is -0.121. The molecule has 2 heterocycles. The normalized spacial score (nSPS) is 20.0. The Morgan fingerprint density at radius 3 is 2.50 bits per heavy atom. The number of halogens is 2. The number of hydrogen-bond acceptors (Lipinski definition) is 2. The zero-order valence-corrected chi connectivity index (χ0v) is 15.4. The van der Waals surface area contributed by atoms with Gasteiger partial charge in [-0.3, -0.25) is 4.79 Å². The number of imide groups is 1. The molecule has 1 aliphatic rings. The fourth-order valence-electron chi connectivity index (χ4n) is 3.37. The molecule has 1 fully saturated rings. The maximum Gasteiger partial charge on any atom is 0.329 e. The summed E-state index contributed by atoms with van der Waals surface area (Å²) in [6.07, 6.45) is 2.24. The summed E-state index contributed by atoms with van der Waals surface area (Å²) in [5.74, 6) is -0.342. The van der Waals surface area contributed by atoms with E-state index < -0.39 is 11.6 Å². The SMILES string of the molecule is C[C@]1(Cc2c[nH]c3ccccc23)NC(=O)N(c2cc(Cl)cc(Cl)c2)C1=O. The van der Waals surface area contributed by atoms with E-state index in [1.54, 1.807) is 25.1 Å². The Balaban J connectivity index is 1.69. The Morgan fingerprint density at radius 2 is 1.77 bits per heavy atom. The molecule has 0 saturated carbocycles. The van der Waals surface area contributed by atoms with E-state index in [4.69, 9.17) is 23.2 Å². The minimum atomic E-state index is -1.06. The quantitative estimate of drug-likeness (QED) is 0.648. The van der Waals surface area contributed by atoms with Crippen LogP contribution < -0.4 is 10.2 Å². The Morgan fingerprint density at radius 1 is 1.08 bits per heavy atom. The van der Waals surface area contributed by atoms with E-state index in [0.29, 0.717) is 22.2 Å². The van der Waals surface area contributed by atoms with Crippen molar-refractivity contribution in [1.29, 1.82) is 0 Å². The molecule has 0 radical (unpaired) electrons. The van der Waals surface area contributed by atoms with Crippen LogP contribution in [0.2, 0.25) is 10.0 Å². The molecule has 4 rings (SSSR count). The lowest BCUT2D eigenvalue weighted by Crippen LogP contribution is -2.46. The predicted molar refractivity (Wildman–Crippen MR) is 103 cm³/mol. The molecule has 0 spiro atoms. The Hall–Kier alpha value is -2.50. The van der Waals surface area contributed by atoms with Gasteiger partial charge < -0.3 is 10.3 Å². The van der Waals surface area contributed by atoms with Crippen LogP contribution in [0.1, 0.15) is 12.5 Å². The first-order chi connectivity index (χ1) is 12.4. The zero-order valence-electron chi connectivity index (χ0n) is 13.8. The van der Waals surface area contributed by atoms with Crippen LogP contribution in [0.3, 0.4) is 0 Å². The molecule has 5 nitrogen and oxygen atoms in total. The molecule has 3 aromatic rings. The molecule has 26 heavy (non-hydrogen) atoms. The molecule has 3 amide bonds. The van der Waals surface area contributed by atoms with Crippen molar-refractivity contribution in [1.82, 2.24) is 10.3 Å². The van der Waals surface area contributed by atoms with Gasteiger partial charge in [0.1, 0.15) is 5.54 Å². The van der Waals surface area contributed by atoms with E-state index in [9.17, 15) is 9.59 Å². The second-order valence-electron chi connectivity index (χ2n) is 6.57. The molecule has 0 unspecified atom stereocenters. The first-order valence-corrected chi connectivity index (χ1v) is 8.81. The van der Waals surface area contributed by atoms with E-state index >= 15 is 0 Å². The summed E-state index contributed by atoms with van der Waals surface area (Å²) in [4.78, 5) is 29.9. The van der Waals surface area contributed by atoms with Crippen molar-refractivity contribution in [3.63, 3.8) is 0 Å². The summed E-state index contributed by atoms with van der Waals surface area (Å²) in [5.41, 5.74) is 1.24. The first kappa shape index (κ1) is 16.9. The number of benzene rings is 2. The molecule has 2 aromatic carbocycles. The fourth-order valence-corrected chi connectivity index (χ4v) is 3.88. The fraction of sp³-hybridized carbons (Fsp3) is 0.158. The van der Waals surface area contributed by atoms with Gasteiger partial charge in [-0.25, -0.2) is 9.69 Å². The Kier molecular flexibility index (Phi) is 3.93. The van der Waals surface area contributed by atoms with Crippen molar-refractivity contribution >= 4 is 51.7 Å². The topological polar surface area (TPSA) is 65.2 Å². The highest BCUT2D eigenvalue weighted by Crippen LogP contribution is 2.32. The second kappa shape index (κ2) is 6.04. The Labute approximate surface area is 159 Å². The summed E-state index contributed by atoms with van der Waals surface area (Å²) in [5, 5.41) is 4.55. The van der Waals surface area contributed by atoms with Crippen molar-refractivity contribution in [2.45, 2.75) is 18.9 Å². The predicted octanol–water partition coefficient (Wildman–Crippen LogP) is 4.53. The third kappa shape index (κ3) is 2.73. The highest BCUT2D eigenvalue weighted by Gasteiger charge is 2.48. The van der Waals surface area contributed by atoms with Gasteiger partial charge in [-0.15, -0.1) is 0 Å². The number of urea groups is 1. The first-order valence-electron chi connectivity index (χ1n) is 8.05. The number of nitrogens with one attached hydrogen (secondary N) is 2. The molecule has 1 atom stereocenters. The van der Waals surface area contributed by atoms with Crippen LogP contribution in [-0.2, 0) is 11.2 Å². The average Bonchev–Trinajstić information content (AvgIpc) is 3.06. The minimum absolute atomic E-state index is 0.342. The summed E-state index contributed by atoms with van der Waals surface area (Å²) in [6.45, 7) is 1.72. The number of hydrogen-bond donors (Lipinski definition) is 2. The monoisotopic (exact) mass is 387 g/mol. The van der Waals surface area contributed by atoms with Crippen LogP contribution in [0.15, 0.2) is 48.7 Å². The molecular weight excluding hydrogens is 373 g/mol. The third-order valence-electron chi connectivity index (χ3n) is 4.59. The van der Waals surface area contributed by atoms with Crippen LogP contribution >= 0.6 is 23.2 Å². The van der Waals surface area contributed by atoms with Gasteiger partial charge in [0, 0.05) is 33.6 Å². The molecular formula is C19H15Cl2N3O2. The molecule has 1 aromatic heterocycles. The van der Waals surface area contributed by atoms with Gasteiger partial charge in [-0.1, -0.05) is 41.4 Å². The molecule has 7 heteroatoms. The number of H-pyrrole nitrogens is 1. The van der Waals surface area contributed by atoms with Crippen molar-refractivity contribution in [2.75, 3.05) is 4.90 Å². The summed E-state index contributed by atoms with van der Waals surface area (Å²) in [7, 11) is 0. The summed E-state index contributed by atoms with van der Waals surface area (Å²) in [6, 6.07) is 12.0. The van der Waals surface area contributed by atoms with Gasteiger partial charge >= 0.3 is 6.03 Å². The summed E-state index contributed by atoms with van der Waals surface area (Å²) >= 11 is 12.0. The number of rotatable bonds is 3. The maximum atomic E-state index is 13.1. The Bertz CT molecular complexity index is 1030. The minimum Gasteiger partial charge on any atom is -0.361 e. The third-order valence-corrected chi connectivity index (χ3v) is 5.02. The number of carbonyl (C=O) groups excluding carboxylic acids is 2. The number of fused-ring (bicyclic) bond motifs is 1. The van der Waals surface area contributed by atoms with Crippen LogP contribution in [-0.4, -0.2) is 22.5 Å². The van der Waals surface area contributed by atoms with E-state index in [0.717, 1.165) is 21.4 Å². The molecule has 1 aliphatic heterocycles. The standard InChI is InChI=1S/C19H15Cl2N3O2/c1-19(9-11-10-22-16-5-3-2-4-15(11)16)17(25)24(18(26)23-19)14-7-12(20)6-13(21)8-14/h2-8,10,22H,9H2,1H3,(H,23,26)/t19-/m1/s1. The van der Waals surface area contributed by atoms with Crippen molar-refractivity contribution < 1.29 is 9.59 Å². The smallest absolute Gasteiger partial charge is 0.329 e. The molecule has 0 bridgehead atoms. The van der Waals surface area contributed by atoms with Gasteiger partial charge in [0.25, 0.3) is 5.91 Å². The van der Waals surface area contributed by atoms with Crippen LogP contribution in [0.25, 0.3) is 10.9 Å². The van der Waals surface area contributed by atoms with E-state index in [1.807, 2.05) is 30.5 Å². The number of anilines is 1. The number of para-hydroxylation sites is 1. The average molecular weight is 388 g/mol. The highest BCUT2D eigenvalue weighted by molar-refractivity contribution is 6.35. The van der Waals surface area contributed by atoms with Crippen LogP contribution in [0, 0.1) is 0 Å². The van der Waals surface area contributed by atoms with Crippen molar-refractivity contribution in [3.8, 4) is 0 Å². The van der Waals surface area contributed by atoms with Gasteiger partial charge in [0.15, 0.2) is 0 Å². The number of aromatic nitrogens is 1. The van der Waals surface area contributed by atoms with E-state index in [2.05, 4.69) is 10.3 Å². The van der Waals surface area contributed by atoms with E-state index in [-0.39, 0.29) is 5.91 Å². The maximum absolute atomic E-state index is 13.1. The van der Waals surface area contributed by atoms with Crippen molar-refractivity contribution in [2.24, 2.45) is 0 Å². The number of amides is 3. The van der Waals surface area contributed by atoms with Crippen LogP contribution in [0.5, 0.6) is 0 Å². The zero-order chi connectivity index (χ0) is 18.5. The second-order valence-corrected chi connectivity index (χ2v) is 7.44. The number of nitrogens with zero attached hydrogens (tertiary/aromatic N) is 1. The van der Waals surface area contributed by atoms with Gasteiger partial charge in [-0.2, -0.15) is 0 Å². The van der Waals surface area contributed by atoms with E-state index in [1.165, 1.54) is 0 Å². The largest absolute Gasteiger partial charge is 0.361 e. The molecule has 0 aliphatic carbocycles. The van der Waals surface area contributed by atoms with Crippen LogP contribution in [0.4, 0.5) is 10.5 Å². The number of aromatic amines is 1.